The highest BCUT2D eigenvalue weighted by atomic mass is 29.9. The third kappa shape index (κ3) is 4.78. The van der Waals surface area contributed by atoms with Crippen LogP contribution in [-0.2, 0) is 6.04 Å². The summed E-state index contributed by atoms with van der Waals surface area (Å²) < 4.78 is 0. The van der Waals surface area contributed by atoms with Crippen molar-refractivity contribution in [2.75, 3.05) is 0 Å². The van der Waals surface area contributed by atoms with E-state index in [1.165, 1.54) is 0 Å². The molecule has 1 aromatic rings. The minimum absolute atomic E-state index is 0.635. The van der Waals surface area contributed by atoms with Crippen molar-refractivity contribution in [2.45, 2.75) is 38.8 Å². The van der Waals surface area contributed by atoms with Crippen LogP contribution in [0.2, 0.25) is 32.7 Å². The highest BCUT2D eigenvalue weighted by Gasteiger charge is 2.56. The van der Waals surface area contributed by atoms with Crippen LogP contribution in [0.15, 0.2) is 30.3 Å². The first kappa shape index (κ1) is 17.0. The Labute approximate surface area is 120 Å². The van der Waals surface area contributed by atoms with Gasteiger partial charge in [-0.25, -0.2) is 0 Å². The molecule has 0 amide bonds. The molecule has 1 aromatic carbocycles. The molecule has 0 fully saturated rings. The van der Waals surface area contributed by atoms with Gasteiger partial charge < -0.3 is 14.4 Å². The van der Waals surface area contributed by atoms with Crippen molar-refractivity contribution in [3.8, 4) is 0 Å². The molecule has 1 atom stereocenters. The van der Waals surface area contributed by atoms with E-state index in [1.807, 2.05) is 63.1 Å². The molecule has 0 aromatic heterocycles. The molecular formula is C12H25O3Si4. The van der Waals surface area contributed by atoms with E-state index >= 15 is 0 Å². The summed E-state index contributed by atoms with van der Waals surface area (Å²) in [4.78, 5) is 32.2. The van der Waals surface area contributed by atoms with E-state index in [9.17, 15) is 14.4 Å². The monoisotopic (exact) mass is 329 g/mol. The van der Waals surface area contributed by atoms with Crippen LogP contribution in [0.5, 0.6) is 0 Å². The molecule has 0 bridgehead atoms. The van der Waals surface area contributed by atoms with Crippen LogP contribution in [0.25, 0.3) is 0 Å². The van der Waals surface area contributed by atoms with Crippen LogP contribution in [0, 0.1) is 0 Å². The van der Waals surface area contributed by atoms with Gasteiger partial charge in [-0.1, -0.05) is 30.3 Å². The Morgan fingerprint density at radius 2 is 1.26 bits per heavy atom. The summed E-state index contributed by atoms with van der Waals surface area (Å²) in [5.74, 6) is 0. The SMILES string of the molecule is C[Si](C)(O)[Si]([Si](C)(C)O)[Si](C)(O)Cc1ccccc1. The second kappa shape index (κ2) is 5.76. The fourth-order valence-corrected chi connectivity index (χ4v) is 60.8. The third-order valence-electron chi connectivity index (χ3n) is 3.15. The quantitative estimate of drug-likeness (QED) is 0.717. The van der Waals surface area contributed by atoms with Crippen molar-refractivity contribution < 1.29 is 14.4 Å². The lowest BCUT2D eigenvalue weighted by Gasteiger charge is -2.41. The fourth-order valence-electron chi connectivity index (χ4n) is 3.15. The van der Waals surface area contributed by atoms with Gasteiger partial charge in [-0.2, -0.15) is 0 Å². The lowest BCUT2D eigenvalue weighted by Crippen LogP contribution is -2.76. The first-order chi connectivity index (χ1) is 8.44. The standard InChI is InChI=1S/C12H25O3Si4/c1-17(2,13)16(18(3,4)14)19(5,15)11-12-9-7-6-8-10-12/h6-10,13-15H,11H2,1-5H3. The van der Waals surface area contributed by atoms with Crippen LogP contribution in [-0.4, -0.2) is 45.2 Å². The van der Waals surface area contributed by atoms with Crippen LogP contribution in [0.4, 0.5) is 0 Å². The van der Waals surface area contributed by atoms with Crippen LogP contribution in [0.1, 0.15) is 5.56 Å². The van der Waals surface area contributed by atoms with E-state index in [4.69, 9.17) is 0 Å². The van der Waals surface area contributed by atoms with Crippen molar-refractivity contribution >= 4 is 30.9 Å². The van der Waals surface area contributed by atoms with E-state index in [0.29, 0.717) is 6.04 Å². The van der Waals surface area contributed by atoms with Gasteiger partial charge in [-0.05, 0) is 44.3 Å². The molecule has 0 aliphatic carbocycles. The predicted octanol–water partition coefficient (Wildman–Crippen LogP) is 1.46. The summed E-state index contributed by atoms with van der Waals surface area (Å²) in [6, 6.07) is 10.6. The maximum Gasteiger partial charge on any atom is 0.175 e. The molecular weight excluding hydrogens is 304 g/mol. The maximum atomic E-state index is 11.0. The zero-order valence-electron chi connectivity index (χ0n) is 12.4. The lowest BCUT2D eigenvalue weighted by atomic mass is 10.2. The predicted molar refractivity (Wildman–Crippen MR) is 89.1 cm³/mol. The van der Waals surface area contributed by atoms with Gasteiger partial charge in [0.15, 0.2) is 23.5 Å². The molecule has 0 saturated carbocycles. The Bertz CT molecular complexity index is 395. The summed E-state index contributed by atoms with van der Waals surface area (Å²) in [6.45, 7) is 9.42. The number of rotatable bonds is 5. The van der Waals surface area contributed by atoms with Gasteiger partial charge in [0, 0.05) is 0 Å². The lowest BCUT2D eigenvalue weighted by molar-refractivity contribution is 0.550. The molecule has 0 heterocycles. The van der Waals surface area contributed by atoms with E-state index in [0.717, 1.165) is 5.56 Å². The molecule has 3 nitrogen and oxygen atoms in total. The van der Waals surface area contributed by atoms with Gasteiger partial charge in [-0.15, -0.1) is 0 Å². The van der Waals surface area contributed by atoms with Crippen molar-refractivity contribution in [2.24, 2.45) is 0 Å². The smallest absolute Gasteiger partial charge is 0.175 e. The Balaban J connectivity index is 3.07. The molecule has 3 N–H and O–H groups in total. The van der Waals surface area contributed by atoms with Gasteiger partial charge in [-0.3, -0.25) is 0 Å². The van der Waals surface area contributed by atoms with E-state index < -0.39 is 30.9 Å². The Morgan fingerprint density at radius 1 is 0.842 bits per heavy atom. The number of hydrogen-bond acceptors (Lipinski definition) is 3. The minimum atomic E-state index is -2.62. The molecule has 1 unspecified atom stereocenters. The summed E-state index contributed by atoms with van der Waals surface area (Å²) in [6.07, 6.45) is 0. The summed E-state index contributed by atoms with van der Waals surface area (Å²) in [5.41, 5.74) is 1.11. The van der Waals surface area contributed by atoms with Crippen molar-refractivity contribution in [1.82, 2.24) is 0 Å². The van der Waals surface area contributed by atoms with Crippen molar-refractivity contribution in [3.63, 3.8) is 0 Å². The number of hydrogen-bond donors (Lipinski definition) is 3. The second-order valence-electron chi connectivity index (χ2n) is 6.43. The van der Waals surface area contributed by atoms with Crippen LogP contribution >= 0.6 is 0 Å². The molecule has 0 aliphatic heterocycles. The third-order valence-corrected chi connectivity index (χ3v) is 50.6. The molecule has 0 aliphatic rings. The van der Waals surface area contributed by atoms with Gasteiger partial charge in [0.1, 0.15) is 7.35 Å². The normalized spacial score (nSPS) is 16.5. The molecule has 1 radical (unpaired) electrons. The van der Waals surface area contributed by atoms with E-state index in [-0.39, 0.29) is 0 Å². The first-order valence-corrected chi connectivity index (χ1v) is 19.6. The second-order valence-corrected chi connectivity index (χ2v) is 35.9. The molecule has 19 heavy (non-hydrogen) atoms. The minimum Gasteiger partial charge on any atom is -0.435 e. The molecule has 1 rings (SSSR count). The summed E-state index contributed by atoms with van der Waals surface area (Å²) in [7, 11) is -9.06. The topological polar surface area (TPSA) is 60.7 Å². The first-order valence-electron chi connectivity index (χ1n) is 6.54. The number of benzene rings is 1. The Kier molecular flexibility index (Phi) is 5.16. The van der Waals surface area contributed by atoms with E-state index in [2.05, 4.69) is 0 Å². The van der Waals surface area contributed by atoms with Crippen LogP contribution in [0.3, 0.4) is 0 Å². The van der Waals surface area contributed by atoms with Crippen molar-refractivity contribution in [3.05, 3.63) is 35.9 Å². The van der Waals surface area contributed by atoms with Crippen LogP contribution < -0.4 is 0 Å². The Hall–Kier alpha value is -0.0325. The molecule has 0 spiro atoms. The Morgan fingerprint density at radius 3 is 1.63 bits per heavy atom. The average molecular weight is 330 g/mol. The summed E-state index contributed by atoms with van der Waals surface area (Å²) in [5, 5.41) is 0. The largest absolute Gasteiger partial charge is 0.435 e. The zero-order chi connectivity index (χ0) is 14.9. The van der Waals surface area contributed by atoms with Gasteiger partial charge in [0.2, 0.25) is 0 Å². The van der Waals surface area contributed by atoms with Gasteiger partial charge in [0.05, 0.1) is 0 Å². The van der Waals surface area contributed by atoms with Gasteiger partial charge in [0.25, 0.3) is 0 Å². The summed E-state index contributed by atoms with van der Waals surface area (Å²) >= 11 is 0. The fraction of sp³-hybridized carbons (Fsp3) is 0.500. The molecule has 107 valence electrons. The molecule has 7 heteroatoms. The van der Waals surface area contributed by atoms with E-state index in [1.54, 1.807) is 0 Å². The molecule has 0 saturated heterocycles. The zero-order valence-corrected chi connectivity index (χ0v) is 16.4. The maximum absolute atomic E-state index is 11.0. The van der Waals surface area contributed by atoms with Gasteiger partial charge >= 0.3 is 0 Å². The van der Waals surface area contributed by atoms with Crippen molar-refractivity contribution in [1.29, 1.82) is 0 Å². The highest BCUT2D eigenvalue weighted by molar-refractivity contribution is 7.78. The highest BCUT2D eigenvalue weighted by Crippen LogP contribution is 2.24. The average Bonchev–Trinajstić information content (AvgIpc) is 2.11.